The average molecular weight is 327 g/mol. The normalized spacial score (nSPS) is 11.3. The topological polar surface area (TPSA) is 49.8 Å². The van der Waals surface area contributed by atoms with Gasteiger partial charge in [0.25, 0.3) is 5.91 Å². The molecule has 0 bridgehead atoms. The number of methoxy groups -OCH3 is 1. The van der Waals surface area contributed by atoms with Gasteiger partial charge in [-0.1, -0.05) is 42.5 Å². The van der Waals surface area contributed by atoms with Gasteiger partial charge in [0.15, 0.2) is 0 Å². The molecule has 0 saturated carbocycles. The Balaban J connectivity index is 2.25. The fourth-order valence-corrected chi connectivity index (χ4v) is 2.61. The van der Waals surface area contributed by atoms with Gasteiger partial charge in [0, 0.05) is 25.8 Å². The van der Waals surface area contributed by atoms with E-state index in [1.807, 2.05) is 48.5 Å². The van der Waals surface area contributed by atoms with Gasteiger partial charge in [-0.3, -0.25) is 4.79 Å². The molecule has 0 aliphatic carbocycles. The lowest BCUT2D eigenvalue weighted by molar-refractivity contribution is 0.0280. The van der Waals surface area contributed by atoms with Crippen LogP contribution in [-0.4, -0.2) is 35.2 Å². The highest BCUT2D eigenvalue weighted by atomic mass is 16.5. The fraction of sp³-hybridized carbons (Fsp3) is 0.350. The SMILES string of the molecule is COCc1cccc(C(=O)N(Cc2ccccc2)CC(C)(C)O)c1. The maximum absolute atomic E-state index is 13.0. The highest BCUT2D eigenvalue weighted by Crippen LogP contribution is 2.16. The van der Waals surface area contributed by atoms with Crippen molar-refractivity contribution in [1.82, 2.24) is 4.90 Å². The molecule has 0 fully saturated rings. The molecule has 0 radical (unpaired) electrons. The van der Waals surface area contributed by atoms with Gasteiger partial charge in [-0.25, -0.2) is 0 Å². The Morgan fingerprint density at radius 2 is 1.75 bits per heavy atom. The van der Waals surface area contributed by atoms with Crippen LogP contribution in [0.4, 0.5) is 0 Å². The zero-order valence-electron chi connectivity index (χ0n) is 14.5. The highest BCUT2D eigenvalue weighted by molar-refractivity contribution is 5.94. The standard InChI is InChI=1S/C20H25NO3/c1-20(2,23)15-21(13-16-8-5-4-6-9-16)19(22)18-11-7-10-17(12-18)14-24-3/h4-12,23H,13-15H2,1-3H3. The minimum Gasteiger partial charge on any atom is -0.389 e. The van der Waals surface area contributed by atoms with Gasteiger partial charge >= 0.3 is 0 Å². The minimum atomic E-state index is -0.964. The third-order valence-electron chi connectivity index (χ3n) is 3.57. The Morgan fingerprint density at radius 1 is 1.08 bits per heavy atom. The summed E-state index contributed by atoms with van der Waals surface area (Å²) in [4.78, 5) is 14.6. The first kappa shape index (κ1) is 18.2. The number of aliphatic hydroxyl groups is 1. The molecule has 4 nitrogen and oxygen atoms in total. The van der Waals surface area contributed by atoms with Crippen LogP contribution >= 0.6 is 0 Å². The molecule has 0 aromatic heterocycles. The van der Waals surface area contributed by atoms with Crippen molar-refractivity contribution in [3.8, 4) is 0 Å². The molecule has 0 aliphatic rings. The Labute approximate surface area is 143 Å². The Bertz CT molecular complexity index is 662. The second kappa shape index (κ2) is 8.08. The molecule has 0 spiro atoms. The van der Waals surface area contributed by atoms with E-state index in [0.29, 0.717) is 18.7 Å². The summed E-state index contributed by atoms with van der Waals surface area (Å²) in [6.45, 7) is 4.60. The van der Waals surface area contributed by atoms with Crippen molar-refractivity contribution in [2.75, 3.05) is 13.7 Å². The van der Waals surface area contributed by atoms with Crippen LogP contribution in [0.3, 0.4) is 0 Å². The van der Waals surface area contributed by atoms with Gasteiger partial charge < -0.3 is 14.7 Å². The molecule has 2 aromatic rings. The second-order valence-electron chi connectivity index (χ2n) is 6.59. The molecule has 128 valence electrons. The zero-order valence-corrected chi connectivity index (χ0v) is 14.5. The molecule has 1 amide bonds. The van der Waals surface area contributed by atoms with Crippen molar-refractivity contribution in [1.29, 1.82) is 0 Å². The van der Waals surface area contributed by atoms with E-state index in [2.05, 4.69) is 0 Å². The van der Waals surface area contributed by atoms with Crippen LogP contribution in [0.2, 0.25) is 0 Å². The summed E-state index contributed by atoms with van der Waals surface area (Å²) in [7, 11) is 1.63. The number of carbonyl (C=O) groups is 1. The lowest BCUT2D eigenvalue weighted by atomic mass is 10.1. The summed E-state index contributed by atoms with van der Waals surface area (Å²) in [5, 5.41) is 10.2. The van der Waals surface area contributed by atoms with Gasteiger partial charge in [-0.15, -0.1) is 0 Å². The fourth-order valence-electron chi connectivity index (χ4n) is 2.61. The maximum atomic E-state index is 13.0. The predicted octanol–water partition coefficient (Wildman–Crippen LogP) is 3.25. The van der Waals surface area contributed by atoms with E-state index < -0.39 is 5.60 Å². The summed E-state index contributed by atoms with van der Waals surface area (Å²) in [6, 6.07) is 17.2. The molecule has 0 atom stereocenters. The zero-order chi connectivity index (χ0) is 17.6. The summed E-state index contributed by atoms with van der Waals surface area (Å²) in [5.74, 6) is -0.0982. The van der Waals surface area contributed by atoms with Crippen LogP contribution in [-0.2, 0) is 17.9 Å². The second-order valence-corrected chi connectivity index (χ2v) is 6.59. The highest BCUT2D eigenvalue weighted by Gasteiger charge is 2.23. The molecule has 2 rings (SSSR count). The molecule has 24 heavy (non-hydrogen) atoms. The third-order valence-corrected chi connectivity index (χ3v) is 3.57. The Hall–Kier alpha value is -2.17. The smallest absolute Gasteiger partial charge is 0.254 e. The maximum Gasteiger partial charge on any atom is 0.254 e. The lowest BCUT2D eigenvalue weighted by Crippen LogP contribution is -2.41. The molecular formula is C20H25NO3. The number of hydrogen-bond acceptors (Lipinski definition) is 3. The van der Waals surface area contributed by atoms with E-state index in [4.69, 9.17) is 4.74 Å². The first-order valence-electron chi connectivity index (χ1n) is 8.02. The van der Waals surface area contributed by atoms with E-state index >= 15 is 0 Å². The molecule has 0 heterocycles. The molecule has 4 heteroatoms. The van der Waals surface area contributed by atoms with Crippen molar-refractivity contribution < 1.29 is 14.6 Å². The van der Waals surface area contributed by atoms with Gasteiger partial charge in [0.1, 0.15) is 0 Å². The number of carbonyl (C=O) groups excluding carboxylic acids is 1. The van der Waals surface area contributed by atoms with E-state index in [9.17, 15) is 9.90 Å². The van der Waals surface area contributed by atoms with Gasteiger partial charge in [0.05, 0.1) is 12.2 Å². The average Bonchev–Trinajstić information content (AvgIpc) is 2.54. The van der Waals surface area contributed by atoms with Crippen molar-refractivity contribution in [2.24, 2.45) is 0 Å². The molecule has 0 aliphatic heterocycles. The first-order valence-corrected chi connectivity index (χ1v) is 8.02. The van der Waals surface area contributed by atoms with Crippen molar-refractivity contribution in [3.63, 3.8) is 0 Å². The molecule has 0 saturated heterocycles. The summed E-state index contributed by atoms with van der Waals surface area (Å²) < 4.78 is 5.13. The predicted molar refractivity (Wildman–Crippen MR) is 94.6 cm³/mol. The van der Waals surface area contributed by atoms with E-state index in [0.717, 1.165) is 11.1 Å². The van der Waals surface area contributed by atoms with Crippen LogP contribution in [0.25, 0.3) is 0 Å². The molecule has 0 unspecified atom stereocenters. The van der Waals surface area contributed by atoms with Crippen LogP contribution < -0.4 is 0 Å². The number of hydrogen-bond donors (Lipinski definition) is 1. The van der Waals surface area contributed by atoms with E-state index in [1.165, 1.54) is 0 Å². The molecular weight excluding hydrogens is 302 g/mol. The molecule has 1 N–H and O–H groups in total. The van der Waals surface area contributed by atoms with Crippen molar-refractivity contribution in [2.45, 2.75) is 32.6 Å². The van der Waals surface area contributed by atoms with Crippen molar-refractivity contribution in [3.05, 3.63) is 71.3 Å². The Morgan fingerprint density at radius 3 is 2.38 bits per heavy atom. The van der Waals surface area contributed by atoms with Crippen LogP contribution in [0.15, 0.2) is 54.6 Å². The third kappa shape index (κ3) is 5.48. The first-order chi connectivity index (χ1) is 11.4. The van der Waals surface area contributed by atoms with Gasteiger partial charge in [-0.2, -0.15) is 0 Å². The van der Waals surface area contributed by atoms with E-state index in [1.54, 1.807) is 31.9 Å². The largest absolute Gasteiger partial charge is 0.389 e. The number of benzene rings is 2. The monoisotopic (exact) mass is 327 g/mol. The quantitative estimate of drug-likeness (QED) is 0.849. The minimum absolute atomic E-state index is 0.0982. The van der Waals surface area contributed by atoms with Gasteiger partial charge in [0.2, 0.25) is 0 Å². The summed E-state index contributed by atoms with van der Waals surface area (Å²) in [6.07, 6.45) is 0. The number of ether oxygens (including phenoxy) is 1. The summed E-state index contributed by atoms with van der Waals surface area (Å²) >= 11 is 0. The lowest BCUT2D eigenvalue weighted by Gasteiger charge is -2.29. The van der Waals surface area contributed by atoms with Gasteiger partial charge in [-0.05, 0) is 37.1 Å². The Kier molecular flexibility index (Phi) is 6.12. The number of amides is 1. The van der Waals surface area contributed by atoms with Crippen LogP contribution in [0, 0.1) is 0 Å². The summed E-state index contributed by atoms with van der Waals surface area (Å²) in [5.41, 5.74) is 1.62. The number of nitrogens with zero attached hydrogens (tertiary/aromatic N) is 1. The van der Waals surface area contributed by atoms with Crippen LogP contribution in [0.5, 0.6) is 0 Å². The van der Waals surface area contributed by atoms with Crippen molar-refractivity contribution >= 4 is 5.91 Å². The van der Waals surface area contributed by atoms with Crippen LogP contribution in [0.1, 0.15) is 35.3 Å². The van der Waals surface area contributed by atoms with E-state index in [-0.39, 0.29) is 12.5 Å². The number of rotatable bonds is 7. The molecule has 2 aromatic carbocycles.